The van der Waals surface area contributed by atoms with Gasteiger partial charge in [0.2, 0.25) is 0 Å². The summed E-state index contributed by atoms with van der Waals surface area (Å²) < 4.78 is 10.5. The maximum Gasteiger partial charge on any atom is 0.122 e. The Bertz CT molecular complexity index is 649. The molecule has 2 aromatic rings. The molecule has 0 radical (unpaired) electrons. The lowest BCUT2D eigenvalue weighted by molar-refractivity contribution is 0.169. The summed E-state index contributed by atoms with van der Waals surface area (Å²) in [5.41, 5.74) is 3.55. The molecule has 0 spiro atoms. The van der Waals surface area contributed by atoms with Gasteiger partial charge in [-0.25, -0.2) is 0 Å². The fraction of sp³-hybridized carbons (Fsp3) is 0.368. The van der Waals surface area contributed by atoms with Gasteiger partial charge in [0.05, 0.1) is 20.3 Å². The van der Waals surface area contributed by atoms with Crippen LogP contribution >= 0.6 is 0 Å². The predicted molar refractivity (Wildman–Crippen MR) is 90.0 cm³/mol. The van der Waals surface area contributed by atoms with Gasteiger partial charge in [-0.15, -0.1) is 0 Å². The highest BCUT2D eigenvalue weighted by molar-refractivity contribution is 5.39. The lowest BCUT2D eigenvalue weighted by atomic mass is 10.1. The van der Waals surface area contributed by atoms with Crippen LogP contribution in [0.3, 0.4) is 0 Å². The number of rotatable bonds is 6. The summed E-state index contributed by atoms with van der Waals surface area (Å²) >= 11 is 0. The quantitative estimate of drug-likeness (QED) is 0.861. The number of benzene rings is 2. The van der Waals surface area contributed by atoms with Gasteiger partial charge < -0.3 is 19.9 Å². The Morgan fingerprint density at radius 1 is 1.13 bits per heavy atom. The molecule has 122 valence electrons. The van der Waals surface area contributed by atoms with Gasteiger partial charge in [-0.1, -0.05) is 24.3 Å². The van der Waals surface area contributed by atoms with E-state index in [1.807, 2.05) is 12.1 Å². The minimum Gasteiger partial charge on any atom is -0.497 e. The highest BCUT2D eigenvalue weighted by atomic mass is 16.5. The van der Waals surface area contributed by atoms with Gasteiger partial charge in [0, 0.05) is 18.7 Å². The first-order chi connectivity index (χ1) is 11.2. The van der Waals surface area contributed by atoms with E-state index in [1.165, 1.54) is 11.1 Å². The highest BCUT2D eigenvalue weighted by Crippen LogP contribution is 2.31. The molecule has 2 N–H and O–H groups in total. The highest BCUT2D eigenvalue weighted by Gasteiger charge is 2.22. The molecule has 0 saturated heterocycles. The Morgan fingerprint density at radius 2 is 1.83 bits per heavy atom. The predicted octanol–water partition coefficient (Wildman–Crippen LogP) is 3.01. The van der Waals surface area contributed by atoms with Crippen LogP contribution in [-0.4, -0.2) is 25.9 Å². The molecule has 0 saturated carbocycles. The number of methoxy groups -OCH3 is 2. The van der Waals surface area contributed by atoms with Crippen LogP contribution < -0.4 is 14.8 Å². The minimum atomic E-state index is -0.605. The average molecular weight is 313 g/mol. The van der Waals surface area contributed by atoms with Crippen molar-refractivity contribution in [3.8, 4) is 11.5 Å². The zero-order chi connectivity index (χ0) is 16.2. The van der Waals surface area contributed by atoms with Crippen molar-refractivity contribution in [2.24, 2.45) is 0 Å². The van der Waals surface area contributed by atoms with Crippen molar-refractivity contribution >= 4 is 0 Å². The van der Waals surface area contributed by atoms with E-state index < -0.39 is 6.10 Å². The van der Waals surface area contributed by atoms with Crippen molar-refractivity contribution in [2.45, 2.75) is 25.0 Å². The number of ether oxygens (including phenoxy) is 2. The first-order valence-corrected chi connectivity index (χ1v) is 7.93. The summed E-state index contributed by atoms with van der Waals surface area (Å²) in [6.07, 6.45) is 1.57. The zero-order valence-electron chi connectivity index (χ0n) is 13.6. The van der Waals surface area contributed by atoms with Gasteiger partial charge in [0.25, 0.3) is 0 Å². The van der Waals surface area contributed by atoms with E-state index in [2.05, 4.69) is 29.6 Å². The Kier molecular flexibility index (Phi) is 4.84. The van der Waals surface area contributed by atoms with Crippen LogP contribution in [0.15, 0.2) is 42.5 Å². The van der Waals surface area contributed by atoms with Gasteiger partial charge in [0.15, 0.2) is 0 Å². The summed E-state index contributed by atoms with van der Waals surface area (Å²) in [4.78, 5) is 0. The van der Waals surface area contributed by atoms with Gasteiger partial charge in [-0.2, -0.15) is 0 Å². The van der Waals surface area contributed by atoms with Gasteiger partial charge in [0.1, 0.15) is 11.5 Å². The molecule has 2 aromatic carbocycles. The topological polar surface area (TPSA) is 50.7 Å². The van der Waals surface area contributed by atoms with Crippen molar-refractivity contribution < 1.29 is 14.6 Å². The van der Waals surface area contributed by atoms with E-state index in [1.54, 1.807) is 20.3 Å². The molecule has 1 aliphatic carbocycles. The molecule has 0 fully saturated rings. The van der Waals surface area contributed by atoms with Crippen LogP contribution in [0.1, 0.15) is 35.3 Å². The molecule has 1 aliphatic rings. The van der Waals surface area contributed by atoms with E-state index in [0.717, 1.165) is 18.4 Å². The van der Waals surface area contributed by atoms with E-state index in [4.69, 9.17) is 9.47 Å². The lowest BCUT2D eigenvalue weighted by Gasteiger charge is -2.18. The molecule has 0 aromatic heterocycles. The second kappa shape index (κ2) is 7.02. The van der Waals surface area contributed by atoms with Gasteiger partial charge in [-0.3, -0.25) is 0 Å². The molecular weight excluding hydrogens is 290 g/mol. The lowest BCUT2D eigenvalue weighted by Crippen LogP contribution is -2.25. The minimum absolute atomic E-state index is 0.313. The third kappa shape index (κ3) is 3.49. The van der Waals surface area contributed by atoms with E-state index in [-0.39, 0.29) is 0 Å². The molecule has 2 atom stereocenters. The Morgan fingerprint density at radius 3 is 2.52 bits per heavy atom. The monoisotopic (exact) mass is 313 g/mol. The van der Waals surface area contributed by atoms with Gasteiger partial charge >= 0.3 is 0 Å². The van der Waals surface area contributed by atoms with Crippen LogP contribution in [-0.2, 0) is 6.42 Å². The zero-order valence-corrected chi connectivity index (χ0v) is 13.6. The van der Waals surface area contributed by atoms with Gasteiger partial charge in [-0.05, 0) is 41.7 Å². The van der Waals surface area contributed by atoms with Crippen LogP contribution in [0, 0.1) is 0 Å². The second-order valence-corrected chi connectivity index (χ2v) is 5.86. The summed E-state index contributed by atoms with van der Waals surface area (Å²) in [7, 11) is 3.22. The maximum atomic E-state index is 10.5. The molecule has 0 bridgehead atoms. The number of aryl methyl sites for hydroxylation is 1. The van der Waals surface area contributed by atoms with Crippen molar-refractivity contribution in [3.05, 3.63) is 59.2 Å². The average Bonchev–Trinajstić information content (AvgIpc) is 3.02. The molecule has 4 heteroatoms. The largest absolute Gasteiger partial charge is 0.497 e. The molecule has 0 aliphatic heterocycles. The molecule has 23 heavy (non-hydrogen) atoms. The van der Waals surface area contributed by atoms with Crippen molar-refractivity contribution in [3.63, 3.8) is 0 Å². The second-order valence-electron chi connectivity index (χ2n) is 5.86. The first kappa shape index (κ1) is 15.8. The summed E-state index contributed by atoms with van der Waals surface area (Å²) in [5, 5.41) is 14.0. The smallest absolute Gasteiger partial charge is 0.122 e. The Labute approximate surface area is 137 Å². The van der Waals surface area contributed by atoms with Crippen LogP contribution in [0.2, 0.25) is 0 Å². The molecule has 0 unspecified atom stereocenters. The number of hydrogen-bond acceptors (Lipinski definition) is 4. The van der Waals surface area contributed by atoms with E-state index in [9.17, 15) is 5.11 Å². The summed E-state index contributed by atoms with van der Waals surface area (Å²) in [5.74, 6) is 1.37. The third-order valence-corrected chi connectivity index (χ3v) is 4.45. The van der Waals surface area contributed by atoms with E-state index in [0.29, 0.717) is 24.1 Å². The van der Waals surface area contributed by atoms with Crippen LogP contribution in [0.4, 0.5) is 0 Å². The standard InChI is InChI=1S/C19H23NO3/c1-22-15-9-14(10-16(11-15)23-2)19(21)12-20-18-8-7-13-5-3-4-6-17(13)18/h3-6,9-11,18-21H,7-8,12H2,1-2H3/t18-,19+/m1/s1. The number of fused-ring (bicyclic) bond motifs is 1. The van der Waals surface area contributed by atoms with E-state index >= 15 is 0 Å². The number of hydrogen-bond donors (Lipinski definition) is 2. The molecule has 0 heterocycles. The molecule has 3 rings (SSSR count). The number of aliphatic hydroxyl groups excluding tert-OH is 1. The SMILES string of the molecule is COc1cc(OC)cc([C@@H](O)CN[C@@H]2CCc3ccccc32)c1. The molecule has 0 amide bonds. The third-order valence-electron chi connectivity index (χ3n) is 4.45. The van der Waals surface area contributed by atoms with Crippen molar-refractivity contribution in [2.75, 3.05) is 20.8 Å². The summed E-state index contributed by atoms with van der Waals surface area (Å²) in [6, 6.07) is 14.3. The van der Waals surface area contributed by atoms with Crippen molar-refractivity contribution in [1.82, 2.24) is 5.32 Å². The maximum absolute atomic E-state index is 10.5. The molecule has 4 nitrogen and oxygen atoms in total. The molecular formula is C19H23NO3. The Hall–Kier alpha value is -2.04. The van der Waals surface area contributed by atoms with Crippen LogP contribution in [0.5, 0.6) is 11.5 Å². The fourth-order valence-electron chi connectivity index (χ4n) is 3.16. The van der Waals surface area contributed by atoms with Crippen LogP contribution in [0.25, 0.3) is 0 Å². The Balaban J connectivity index is 1.67. The first-order valence-electron chi connectivity index (χ1n) is 7.93. The van der Waals surface area contributed by atoms with Crippen molar-refractivity contribution in [1.29, 1.82) is 0 Å². The summed E-state index contributed by atoms with van der Waals surface area (Å²) in [6.45, 7) is 0.495. The fourth-order valence-corrected chi connectivity index (χ4v) is 3.16. The normalized spacial score (nSPS) is 17.6. The number of nitrogens with one attached hydrogen (secondary N) is 1. The number of aliphatic hydroxyl groups is 1.